The van der Waals surface area contributed by atoms with Crippen LogP contribution in [0.2, 0.25) is 0 Å². The minimum atomic E-state index is -2.98. The molecule has 4 atom stereocenters. The molecule has 2 saturated carbocycles. The van der Waals surface area contributed by atoms with E-state index in [0.29, 0.717) is 51.5 Å². The van der Waals surface area contributed by atoms with E-state index in [1.54, 1.807) is 27.7 Å². The third-order valence-electron chi connectivity index (χ3n) is 14.6. The number of esters is 1. The van der Waals surface area contributed by atoms with Gasteiger partial charge >= 0.3 is 13.6 Å². The second kappa shape index (κ2) is 24.5. The van der Waals surface area contributed by atoms with Crippen molar-refractivity contribution in [2.75, 3.05) is 62.1 Å². The quantitative estimate of drug-likeness (QED) is 0.0163. The predicted octanol–water partition coefficient (Wildman–Crippen LogP) is 12.4. The topological polar surface area (TPSA) is 138 Å². The van der Waals surface area contributed by atoms with Gasteiger partial charge in [-0.2, -0.15) is 0 Å². The summed E-state index contributed by atoms with van der Waals surface area (Å²) in [6.45, 7) is 35.9. The summed E-state index contributed by atoms with van der Waals surface area (Å²) in [4.78, 5) is 60.6. The highest BCUT2D eigenvalue weighted by Gasteiger charge is 2.53. The number of allylic oxidation sites excluding steroid dienone is 4. The van der Waals surface area contributed by atoms with E-state index in [-0.39, 0.29) is 45.4 Å². The molecule has 12 nitrogen and oxygen atoms in total. The summed E-state index contributed by atoms with van der Waals surface area (Å²) < 4.78 is 27.6. The first-order chi connectivity index (χ1) is 32.8. The molecule has 6 rings (SSSR count). The van der Waals surface area contributed by atoms with E-state index in [4.69, 9.17) is 23.6 Å². The molecular weight excluding hydrogens is 904 g/mol. The summed E-state index contributed by atoms with van der Waals surface area (Å²) in [5.74, 6) is 0.447. The van der Waals surface area contributed by atoms with E-state index in [1.807, 2.05) is 49.6 Å². The van der Waals surface area contributed by atoms with Crippen LogP contribution in [0.1, 0.15) is 162 Å². The second-order valence-corrected chi connectivity index (χ2v) is 23.3. The zero-order chi connectivity index (χ0) is 52.4. The van der Waals surface area contributed by atoms with Crippen molar-refractivity contribution in [3.63, 3.8) is 0 Å². The van der Waals surface area contributed by atoms with Gasteiger partial charge in [0.2, 0.25) is 11.8 Å². The lowest BCUT2D eigenvalue weighted by molar-refractivity contribution is -0.290. The van der Waals surface area contributed by atoms with Gasteiger partial charge in [0.05, 0.1) is 39.2 Å². The third kappa shape index (κ3) is 14.5. The first-order valence-electron chi connectivity index (χ1n) is 25.4. The molecule has 388 valence electrons. The van der Waals surface area contributed by atoms with Gasteiger partial charge in [-0.05, 0) is 161 Å². The van der Waals surface area contributed by atoms with E-state index in [0.717, 1.165) is 67.6 Å². The summed E-state index contributed by atoms with van der Waals surface area (Å²) in [5, 5.41) is 0. The van der Waals surface area contributed by atoms with Gasteiger partial charge in [-0.1, -0.05) is 77.5 Å². The summed E-state index contributed by atoms with van der Waals surface area (Å²) in [5.41, 5.74) is 11.8. The van der Waals surface area contributed by atoms with E-state index >= 15 is 0 Å². The lowest BCUT2D eigenvalue weighted by Gasteiger charge is -2.40. The molecule has 2 aromatic carbocycles. The van der Waals surface area contributed by atoms with Gasteiger partial charge in [0, 0.05) is 55.7 Å². The zero-order valence-corrected chi connectivity index (χ0v) is 46.4. The van der Waals surface area contributed by atoms with E-state index in [1.165, 1.54) is 39.5 Å². The van der Waals surface area contributed by atoms with Crippen LogP contribution in [0.3, 0.4) is 0 Å². The van der Waals surface area contributed by atoms with Gasteiger partial charge < -0.3 is 28.4 Å². The average Bonchev–Trinajstić information content (AvgIpc) is 4.16. The Labute approximate surface area is 420 Å². The number of nitrogens with zero attached hydrogens (tertiary/aromatic N) is 2. The van der Waals surface area contributed by atoms with Crippen LogP contribution in [-0.2, 0) is 69.0 Å². The number of hydrogen-bond donors (Lipinski definition) is 0. The Morgan fingerprint density at radius 1 is 0.686 bits per heavy atom. The van der Waals surface area contributed by atoms with Crippen molar-refractivity contribution in [3.05, 3.63) is 93.1 Å². The molecule has 2 heterocycles. The average molecular weight is 989 g/mol. The molecular formula is C57H85N2O10P. The number of ether oxygens (including phenoxy) is 1. The number of carbonyl (C=O) groups is 4. The number of aldehydes is 1. The van der Waals surface area contributed by atoms with Crippen LogP contribution in [0, 0.1) is 25.7 Å². The van der Waals surface area contributed by atoms with Gasteiger partial charge in [-0.15, -0.1) is 0 Å². The van der Waals surface area contributed by atoms with Crippen LogP contribution >= 0.6 is 7.60 Å². The Bertz CT molecular complexity index is 2340. The maximum atomic E-state index is 12.3. The fourth-order valence-electron chi connectivity index (χ4n) is 10.1. The summed E-state index contributed by atoms with van der Waals surface area (Å²) >= 11 is 0. The number of aryl methyl sites for hydroxylation is 2. The van der Waals surface area contributed by atoms with Crippen molar-refractivity contribution in [2.45, 2.75) is 165 Å². The van der Waals surface area contributed by atoms with Crippen LogP contribution < -0.4 is 9.80 Å². The zero-order valence-electron chi connectivity index (χ0n) is 45.5. The highest BCUT2D eigenvalue weighted by atomic mass is 31.2. The van der Waals surface area contributed by atoms with Crippen LogP contribution in [-0.4, -0.2) is 76.4 Å². The van der Waals surface area contributed by atoms with Crippen LogP contribution in [0.5, 0.6) is 0 Å². The molecule has 0 bridgehead atoms. The Morgan fingerprint density at radius 2 is 1.17 bits per heavy atom. The molecule has 0 saturated heterocycles. The fourth-order valence-corrected chi connectivity index (χ4v) is 11.9. The van der Waals surface area contributed by atoms with E-state index in [2.05, 4.69) is 85.7 Å². The Morgan fingerprint density at radius 3 is 1.60 bits per heavy atom. The van der Waals surface area contributed by atoms with Crippen molar-refractivity contribution in [1.82, 2.24) is 0 Å². The minimum absolute atomic E-state index is 0.0507. The Hall–Kier alpha value is -4.19. The number of hydrogen-bond acceptors (Lipinski definition) is 10. The van der Waals surface area contributed by atoms with Gasteiger partial charge in [0.1, 0.15) is 6.29 Å². The summed E-state index contributed by atoms with van der Waals surface area (Å²) in [6, 6.07) is 8.99. The van der Waals surface area contributed by atoms with Crippen molar-refractivity contribution in [1.29, 1.82) is 0 Å². The Kier molecular flexibility index (Phi) is 20.4. The molecule has 2 fully saturated rings. The number of rotatable bonds is 18. The van der Waals surface area contributed by atoms with Gasteiger partial charge in [0.25, 0.3) is 0 Å². The molecule has 2 aliphatic carbocycles. The number of fused-ring (bicyclic) bond motifs is 2. The second-order valence-electron chi connectivity index (χ2n) is 21.2. The lowest BCUT2D eigenvalue weighted by atomic mass is 9.75. The first kappa shape index (κ1) is 58.4. The molecule has 0 radical (unpaired) electrons. The van der Waals surface area contributed by atoms with Gasteiger partial charge in [-0.3, -0.25) is 14.2 Å². The largest absolute Gasteiger partial charge is 0.463 e. The molecule has 2 amide bonds. The Balaban J connectivity index is 0.000000238. The van der Waals surface area contributed by atoms with Crippen molar-refractivity contribution in [2.24, 2.45) is 11.8 Å². The molecule has 0 N–H and O–H groups in total. The number of benzene rings is 2. The number of anilines is 2. The van der Waals surface area contributed by atoms with Crippen LogP contribution in [0.25, 0.3) is 0 Å². The highest BCUT2D eigenvalue weighted by Crippen LogP contribution is 2.58. The fraction of sp³-hybridized carbons (Fsp3) is 0.614. The molecule has 2 aliphatic heterocycles. The molecule has 70 heavy (non-hydrogen) atoms. The lowest BCUT2D eigenvalue weighted by Crippen LogP contribution is -2.40. The first-order valence-corrected chi connectivity index (χ1v) is 27.1. The van der Waals surface area contributed by atoms with Crippen molar-refractivity contribution in [3.8, 4) is 0 Å². The molecule has 2 unspecified atom stereocenters. The SMILES string of the molecule is CC(=O)N1CCC(C)(C)c2cc(C)c([C@@]3(C)CC3C=O)cc21.CCOC(=O)/C=C(C)/C=C/C1C[C@]1(C)c1cc2c(cc1C)C(C)(C)CCN2C(C)=O.CCOOCC/C=C(\C)CP(=O)(OCC)OCC. The third-order valence-corrected chi connectivity index (χ3v) is 16.8. The maximum Gasteiger partial charge on any atom is 0.334 e. The minimum Gasteiger partial charge on any atom is -0.463 e. The predicted molar refractivity (Wildman–Crippen MR) is 282 cm³/mol. The smallest absolute Gasteiger partial charge is 0.334 e. The molecule has 2 aromatic rings. The van der Waals surface area contributed by atoms with Crippen molar-refractivity contribution < 1.29 is 47.3 Å². The maximum absolute atomic E-state index is 12.3. The van der Waals surface area contributed by atoms with Crippen LogP contribution in [0.4, 0.5) is 11.4 Å². The van der Waals surface area contributed by atoms with E-state index in [9.17, 15) is 23.7 Å². The van der Waals surface area contributed by atoms with Crippen molar-refractivity contribution >= 4 is 43.0 Å². The van der Waals surface area contributed by atoms with E-state index < -0.39 is 7.60 Å². The monoisotopic (exact) mass is 989 g/mol. The number of amides is 2. The molecule has 13 heteroatoms. The molecule has 0 spiro atoms. The molecule has 4 aliphatic rings. The van der Waals surface area contributed by atoms with Gasteiger partial charge in [-0.25, -0.2) is 14.6 Å². The highest BCUT2D eigenvalue weighted by molar-refractivity contribution is 7.54. The van der Waals surface area contributed by atoms with Crippen LogP contribution in [0.15, 0.2) is 59.7 Å². The summed E-state index contributed by atoms with van der Waals surface area (Å²) in [6.07, 6.45) is 13.8. The summed E-state index contributed by atoms with van der Waals surface area (Å²) in [7, 11) is -2.98. The number of carbonyl (C=O) groups excluding carboxylic acids is 4. The van der Waals surface area contributed by atoms with Gasteiger partial charge in [0.15, 0.2) is 0 Å². The molecule has 0 aromatic heterocycles. The standard InChI is InChI=1S/C26H35NO3.C19H25NO2.C12H25O5P/c1-8-30-24(29)13-17(2)9-10-20-16-26(20,7)21-15-23-22(14-18(21)3)25(5,6)11-12-27(23)19(4)28;1-12-8-16-17(9-15(12)19(5)10-14(19)11-21)20(13(2)22)7-6-18(16,3)4;1-5-14-15-10-8-9-12(4)11-18(13,16-6-2)17-7-3/h9-10,13-15,20H,8,11-12,16H2,1-7H3;8-9,11,14H,6-7,10H2,1-5H3;9H,5-8,10-11H2,1-4H3/b10-9+,17-13+;;12-9+/t20?,26-;14?,19-;/m00./s1. The normalized spacial score (nSPS) is 23.3.